The fraction of sp³-hybridized carbons (Fsp3) is 0.167. The fourth-order valence-corrected chi connectivity index (χ4v) is 1.14. The topological polar surface area (TPSA) is 80.4 Å². The van der Waals surface area contributed by atoms with Gasteiger partial charge >= 0.3 is 5.97 Å². The van der Waals surface area contributed by atoms with E-state index < -0.39 is 12.0 Å². The number of rotatable bonds is 5. The SMILES string of the molecule is N[C@H](CC(=O)C=Cc1ccc(F)cc1)C(=O)O. The minimum atomic E-state index is -1.21. The predicted octanol–water partition coefficient (Wildman–Crippen LogP) is 1.21. The van der Waals surface area contributed by atoms with E-state index in [0.29, 0.717) is 5.56 Å². The van der Waals surface area contributed by atoms with Gasteiger partial charge in [0.1, 0.15) is 11.9 Å². The number of carboxylic acids is 1. The summed E-state index contributed by atoms with van der Waals surface area (Å²) in [7, 11) is 0. The maximum absolute atomic E-state index is 12.6. The summed E-state index contributed by atoms with van der Waals surface area (Å²) in [5.74, 6) is -1.96. The number of ketones is 1. The van der Waals surface area contributed by atoms with Crippen molar-refractivity contribution in [3.63, 3.8) is 0 Å². The van der Waals surface area contributed by atoms with Gasteiger partial charge in [0, 0.05) is 6.42 Å². The van der Waals surface area contributed by atoms with Crippen LogP contribution in [0.1, 0.15) is 12.0 Å². The molecule has 0 amide bonds. The number of allylic oxidation sites excluding steroid dienone is 1. The van der Waals surface area contributed by atoms with Crippen LogP contribution in [-0.4, -0.2) is 22.9 Å². The first-order valence-electron chi connectivity index (χ1n) is 4.94. The highest BCUT2D eigenvalue weighted by Crippen LogP contribution is 2.05. The molecule has 17 heavy (non-hydrogen) atoms. The van der Waals surface area contributed by atoms with Crippen LogP contribution in [0.25, 0.3) is 6.08 Å². The lowest BCUT2D eigenvalue weighted by molar-refractivity contribution is -0.139. The number of aliphatic carboxylic acids is 1. The Morgan fingerprint density at radius 2 is 1.94 bits per heavy atom. The van der Waals surface area contributed by atoms with Gasteiger partial charge in [-0.2, -0.15) is 0 Å². The first-order chi connectivity index (χ1) is 7.99. The molecule has 0 aliphatic rings. The maximum atomic E-state index is 12.6. The van der Waals surface area contributed by atoms with Crippen LogP contribution < -0.4 is 5.73 Å². The van der Waals surface area contributed by atoms with Crippen molar-refractivity contribution in [2.75, 3.05) is 0 Å². The highest BCUT2D eigenvalue weighted by atomic mass is 19.1. The molecule has 4 nitrogen and oxygen atoms in total. The Labute approximate surface area is 97.6 Å². The summed E-state index contributed by atoms with van der Waals surface area (Å²) >= 11 is 0. The van der Waals surface area contributed by atoms with E-state index >= 15 is 0 Å². The van der Waals surface area contributed by atoms with Crippen molar-refractivity contribution in [1.82, 2.24) is 0 Å². The summed E-state index contributed by atoms with van der Waals surface area (Å²) in [5, 5.41) is 8.50. The van der Waals surface area contributed by atoms with Gasteiger partial charge in [-0.3, -0.25) is 9.59 Å². The van der Waals surface area contributed by atoms with E-state index in [1.54, 1.807) is 0 Å². The molecule has 90 valence electrons. The highest BCUT2D eigenvalue weighted by Gasteiger charge is 2.14. The van der Waals surface area contributed by atoms with Crippen LogP contribution >= 0.6 is 0 Å². The van der Waals surface area contributed by atoms with E-state index in [4.69, 9.17) is 10.8 Å². The monoisotopic (exact) mass is 237 g/mol. The molecule has 0 fully saturated rings. The molecular weight excluding hydrogens is 225 g/mol. The molecule has 0 unspecified atom stereocenters. The molecule has 1 atom stereocenters. The van der Waals surface area contributed by atoms with Crippen LogP contribution in [0.2, 0.25) is 0 Å². The third kappa shape index (κ3) is 4.56. The van der Waals surface area contributed by atoms with Gasteiger partial charge in [-0.15, -0.1) is 0 Å². The Kier molecular flexibility index (Phi) is 4.54. The molecule has 0 aromatic heterocycles. The summed E-state index contributed by atoms with van der Waals surface area (Å²) < 4.78 is 12.6. The molecule has 0 spiro atoms. The predicted molar refractivity (Wildman–Crippen MR) is 60.7 cm³/mol. The Hall–Kier alpha value is -2.01. The first-order valence-corrected chi connectivity index (χ1v) is 4.94. The van der Waals surface area contributed by atoms with E-state index in [0.717, 1.165) is 0 Å². The van der Waals surface area contributed by atoms with E-state index in [9.17, 15) is 14.0 Å². The molecule has 1 rings (SSSR count). The van der Waals surface area contributed by atoms with Crippen LogP contribution in [0.15, 0.2) is 30.3 Å². The lowest BCUT2D eigenvalue weighted by atomic mass is 10.1. The molecule has 5 heteroatoms. The summed E-state index contributed by atoms with van der Waals surface area (Å²) in [6.07, 6.45) is 2.46. The van der Waals surface area contributed by atoms with Crippen molar-refractivity contribution in [3.8, 4) is 0 Å². The smallest absolute Gasteiger partial charge is 0.320 e. The number of hydrogen-bond acceptors (Lipinski definition) is 3. The Morgan fingerprint density at radius 3 is 2.47 bits per heavy atom. The minimum absolute atomic E-state index is 0.257. The van der Waals surface area contributed by atoms with Gasteiger partial charge in [-0.1, -0.05) is 18.2 Å². The molecule has 0 aliphatic heterocycles. The summed E-state index contributed by atoms with van der Waals surface area (Å²) in [6, 6.07) is 4.37. The van der Waals surface area contributed by atoms with Gasteiger partial charge in [-0.25, -0.2) is 4.39 Å². The second-order valence-electron chi connectivity index (χ2n) is 3.50. The molecule has 1 aromatic carbocycles. The van der Waals surface area contributed by atoms with Crippen LogP contribution in [0.4, 0.5) is 4.39 Å². The third-order valence-corrected chi connectivity index (χ3v) is 2.07. The molecule has 1 aromatic rings. The zero-order valence-corrected chi connectivity index (χ0v) is 8.97. The van der Waals surface area contributed by atoms with Crippen LogP contribution in [0, 0.1) is 5.82 Å². The Morgan fingerprint density at radius 1 is 1.35 bits per heavy atom. The largest absolute Gasteiger partial charge is 0.480 e. The van der Waals surface area contributed by atoms with Gasteiger partial charge in [0.25, 0.3) is 0 Å². The van der Waals surface area contributed by atoms with Crippen molar-refractivity contribution in [2.45, 2.75) is 12.5 Å². The average molecular weight is 237 g/mol. The van der Waals surface area contributed by atoms with Gasteiger partial charge in [0.15, 0.2) is 5.78 Å². The molecule has 0 bridgehead atoms. The molecular formula is C12H12FNO3. The van der Waals surface area contributed by atoms with Crippen molar-refractivity contribution in [2.24, 2.45) is 5.73 Å². The second kappa shape index (κ2) is 5.91. The molecule has 0 saturated carbocycles. The van der Waals surface area contributed by atoms with E-state index in [1.165, 1.54) is 36.4 Å². The quantitative estimate of drug-likeness (QED) is 0.754. The van der Waals surface area contributed by atoms with E-state index in [2.05, 4.69) is 0 Å². The Balaban J connectivity index is 2.56. The van der Waals surface area contributed by atoms with Crippen LogP contribution in [0.3, 0.4) is 0 Å². The number of carbonyl (C=O) groups excluding carboxylic acids is 1. The summed E-state index contributed by atoms with van der Waals surface area (Å²) in [6.45, 7) is 0. The lowest BCUT2D eigenvalue weighted by Gasteiger charge is -2.01. The minimum Gasteiger partial charge on any atom is -0.480 e. The van der Waals surface area contributed by atoms with Crippen molar-refractivity contribution in [1.29, 1.82) is 0 Å². The van der Waals surface area contributed by atoms with E-state index in [1.807, 2.05) is 0 Å². The fourth-order valence-electron chi connectivity index (χ4n) is 1.14. The molecule has 0 aliphatic carbocycles. The second-order valence-corrected chi connectivity index (χ2v) is 3.50. The third-order valence-electron chi connectivity index (χ3n) is 2.07. The number of carbonyl (C=O) groups is 2. The molecule has 3 N–H and O–H groups in total. The average Bonchev–Trinajstić information content (AvgIpc) is 2.28. The van der Waals surface area contributed by atoms with Crippen molar-refractivity contribution in [3.05, 3.63) is 41.7 Å². The molecule has 0 radical (unpaired) electrons. The standard InChI is InChI=1S/C12H12FNO3/c13-9-4-1-8(2-5-9)3-6-10(15)7-11(14)12(16)17/h1-6,11H,7,14H2,(H,16,17)/t11-/m1/s1. The van der Waals surface area contributed by atoms with Gasteiger partial charge < -0.3 is 10.8 Å². The van der Waals surface area contributed by atoms with Gasteiger partial charge in [-0.05, 0) is 23.8 Å². The maximum Gasteiger partial charge on any atom is 0.320 e. The number of halogens is 1. The first kappa shape index (κ1) is 13.1. The number of benzene rings is 1. The Bertz CT molecular complexity index is 440. The van der Waals surface area contributed by atoms with Crippen LogP contribution in [-0.2, 0) is 9.59 Å². The summed E-state index contributed by atoms with van der Waals surface area (Å²) in [4.78, 5) is 21.7. The van der Waals surface area contributed by atoms with Crippen LogP contribution in [0.5, 0.6) is 0 Å². The number of carboxylic acid groups (broad SMARTS) is 1. The lowest BCUT2D eigenvalue weighted by Crippen LogP contribution is -2.32. The number of nitrogens with two attached hydrogens (primary N) is 1. The van der Waals surface area contributed by atoms with Gasteiger partial charge in [0.05, 0.1) is 0 Å². The normalized spacial score (nSPS) is 12.6. The molecule has 0 heterocycles. The molecule has 0 saturated heterocycles. The van der Waals surface area contributed by atoms with Crippen molar-refractivity contribution >= 4 is 17.8 Å². The van der Waals surface area contributed by atoms with Gasteiger partial charge in [0.2, 0.25) is 0 Å². The number of hydrogen-bond donors (Lipinski definition) is 2. The van der Waals surface area contributed by atoms with Crippen molar-refractivity contribution < 1.29 is 19.1 Å². The highest BCUT2D eigenvalue weighted by molar-refractivity contribution is 5.96. The zero-order valence-electron chi connectivity index (χ0n) is 8.97. The van der Waals surface area contributed by atoms with E-state index in [-0.39, 0.29) is 18.0 Å². The summed E-state index contributed by atoms with van der Waals surface area (Å²) in [5.41, 5.74) is 5.86. The zero-order chi connectivity index (χ0) is 12.8.